The number of hydrogen-bond donors (Lipinski definition) is 2. The van der Waals surface area contributed by atoms with Crippen LogP contribution in [-0.4, -0.2) is 30.8 Å². The zero-order valence-electron chi connectivity index (χ0n) is 17.1. The smallest absolute Gasteiger partial charge is 0.276 e. The molecule has 1 fully saturated rings. The van der Waals surface area contributed by atoms with Gasteiger partial charge in [0.15, 0.2) is 0 Å². The second kappa shape index (κ2) is 7.76. The lowest BCUT2D eigenvalue weighted by Crippen LogP contribution is -2.25. The van der Waals surface area contributed by atoms with Gasteiger partial charge in [0.05, 0.1) is 5.69 Å². The zero-order chi connectivity index (χ0) is 21.4. The second-order valence-electron chi connectivity index (χ2n) is 8.22. The van der Waals surface area contributed by atoms with E-state index in [-0.39, 0.29) is 12.0 Å². The molecule has 8 heteroatoms. The number of fused-ring (bicyclic) bond motifs is 3. The van der Waals surface area contributed by atoms with E-state index in [1.54, 1.807) is 23.0 Å². The van der Waals surface area contributed by atoms with E-state index in [1.807, 2.05) is 12.3 Å². The Morgan fingerprint density at radius 1 is 1.16 bits per heavy atom. The fourth-order valence-electron chi connectivity index (χ4n) is 4.55. The van der Waals surface area contributed by atoms with E-state index in [9.17, 15) is 8.78 Å². The molecule has 1 aromatic carbocycles. The van der Waals surface area contributed by atoms with Gasteiger partial charge in [-0.3, -0.25) is 0 Å². The van der Waals surface area contributed by atoms with E-state index < -0.39 is 5.92 Å². The first-order valence-corrected chi connectivity index (χ1v) is 10.6. The molecule has 1 aliphatic rings. The number of anilines is 1. The molecule has 2 N–H and O–H groups in total. The lowest BCUT2D eigenvalue weighted by Gasteiger charge is -2.29. The van der Waals surface area contributed by atoms with Crippen molar-refractivity contribution >= 4 is 22.2 Å². The quantitative estimate of drug-likeness (QED) is 0.408. The number of nitrogens with zero attached hydrogens (tertiary/aromatic N) is 4. The number of allylic oxidation sites excluding steroid dienone is 1. The topological polar surface area (TPSA) is 70.9 Å². The molecular formula is C23H24F2N6. The van der Waals surface area contributed by atoms with Crippen LogP contribution in [0.15, 0.2) is 55.5 Å². The van der Waals surface area contributed by atoms with Crippen molar-refractivity contribution in [3.05, 3.63) is 66.8 Å². The summed E-state index contributed by atoms with van der Waals surface area (Å²) in [6.07, 6.45) is 8.44. The van der Waals surface area contributed by atoms with Crippen molar-refractivity contribution in [3.63, 3.8) is 0 Å². The molecule has 3 aromatic heterocycles. The van der Waals surface area contributed by atoms with Crippen LogP contribution in [0.25, 0.3) is 16.6 Å². The predicted octanol–water partition coefficient (Wildman–Crippen LogP) is 5.41. The average molecular weight is 422 g/mol. The van der Waals surface area contributed by atoms with Gasteiger partial charge in [0.1, 0.15) is 17.5 Å². The maximum absolute atomic E-state index is 14.0. The van der Waals surface area contributed by atoms with Gasteiger partial charge in [0, 0.05) is 41.2 Å². The van der Waals surface area contributed by atoms with Crippen molar-refractivity contribution in [2.75, 3.05) is 5.32 Å². The summed E-state index contributed by atoms with van der Waals surface area (Å²) in [6.45, 7) is 3.41. The fraction of sp³-hybridized carbons (Fsp3) is 0.348. The molecule has 3 heterocycles. The summed E-state index contributed by atoms with van der Waals surface area (Å²) in [4.78, 5) is 7.51. The third kappa shape index (κ3) is 3.66. The van der Waals surface area contributed by atoms with Crippen LogP contribution in [-0.2, 0) is 5.92 Å². The van der Waals surface area contributed by atoms with Gasteiger partial charge in [-0.15, -0.1) is 11.7 Å². The normalized spacial score (nSPS) is 19.7. The van der Waals surface area contributed by atoms with Gasteiger partial charge in [-0.25, -0.2) is 18.3 Å². The molecule has 5 rings (SSSR count). The van der Waals surface area contributed by atoms with Gasteiger partial charge >= 0.3 is 0 Å². The molecule has 0 radical (unpaired) electrons. The minimum Gasteiger partial charge on any atom is -0.382 e. The minimum absolute atomic E-state index is 0.0198. The molecule has 1 saturated carbocycles. The number of hydrogen-bond acceptors (Lipinski definition) is 4. The van der Waals surface area contributed by atoms with Crippen molar-refractivity contribution in [3.8, 4) is 0 Å². The van der Waals surface area contributed by atoms with Gasteiger partial charge < -0.3 is 10.3 Å². The predicted molar refractivity (Wildman–Crippen MR) is 116 cm³/mol. The van der Waals surface area contributed by atoms with Crippen LogP contribution in [0.3, 0.4) is 0 Å². The van der Waals surface area contributed by atoms with Crippen LogP contribution < -0.4 is 5.32 Å². The molecule has 160 valence electrons. The zero-order valence-corrected chi connectivity index (χ0v) is 17.1. The maximum Gasteiger partial charge on any atom is 0.276 e. The Morgan fingerprint density at radius 2 is 1.94 bits per heavy atom. The van der Waals surface area contributed by atoms with Crippen molar-refractivity contribution in [1.82, 2.24) is 24.8 Å². The summed E-state index contributed by atoms with van der Waals surface area (Å²) in [5.41, 5.74) is 3.79. The largest absolute Gasteiger partial charge is 0.382 e. The van der Waals surface area contributed by atoms with Crippen molar-refractivity contribution < 1.29 is 8.78 Å². The highest BCUT2D eigenvalue weighted by Crippen LogP contribution is 2.37. The van der Waals surface area contributed by atoms with Crippen LogP contribution in [0.1, 0.15) is 49.3 Å². The second-order valence-corrected chi connectivity index (χ2v) is 8.22. The third-order valence-electron chi connectivity index (χ3n) is 6.19. The molecule has 0 saturated heterocycles. The number of nitrogens with one attached hydrogen (secondary N) is 2. The fourth-order valence-corrected chi connectivity index (χ4v) is 4.55. The van der Waals surface area contributed by atoms with E-state index in [0.29, 0.717) is 12.0 Å². The first kappa shape index (κ1) is 19.7. The number of aromatic nitrogens is 5. The molecule has 31 heavy (non-hydrogen) atoms. The van der Waals surface area contributed by atoms with Gasteiger partial charge in [0.2, 0.25) is 0 Å². The number of aromatic amines is 1. The van der Waals surface area contributed by atoms with Crippen LogP contribution in [0, 0.1) is 0 Å². The Balaban J connectivity index is 1.26. The molecule has 0 spiro atoms. The number of halogens is 2. The molecule has 0 atom stereocenters. The summed E-state index contributed by atoms with van der Waals surface area (Å²) in [5, 5.41) is 13.3. The highest BCUT2D eigenvalue weighted by molar-refractivity contribution is 5.92. The molecule has 0 bridgehead atoms. The Bertz CT molecular complexity index is 1200. The average Bonchev–Trinajstić information content (AvgIpc) is 3.41. The number of rotatable bonds is 6. The van der Waals surface area contributed by atoms with Gasteiger partial charge in [-0.2, -0.15) is 0 Å². The first-order chi connectivity index (χ1) is 15.0. The molecule has 1 aliphatic carbocycles. The van der Waals surface area contributed by atoms with Gasteiger partial charge in [-0.05, 0) is 43.9 Å². The number of H-pyrrole nitrogens is 1. The van der Waals surface area contributed by atoms with Crippen LogP contribution in [0.4, 0.5) is 14.5 Å². The molecule has 6 nitrogen and oxygen atoms in total. The van der Waals surface area contributed by atoms with E-state index in [0.717, 1.165) is 53.6 Å². The highest BCUT2D eigenvalue weighted by atomic mass is 19.3. The highest BCUT2D eigenvalue weighted by Gasteiger charge is 2.30. The van der Waals surface area contributed by atoms with E-state index in [2.05, 4.69) is 32.2 Å². The molecular weight excluding hydrogens is 398 g/mol. The molecule has 0 amide bonds. The monoisotopic (exact) mass is 422 g/mol. The molecule has 4 aromatic rings. The standard InChI is InChI=1S/C23H24F2N6/c1-2-12-23(24,25)16-5-9-18(10-6-16)28-17-7-3-15(4-8-17)20-21-19-11-13-26-22(19)27-14-31(21)30-29-20/h2,5-6,9-11,13-15,17,26,28H,1,3-4,7-8,12H2. The van der Waals surface area contributed by atoms with Gasteiger partial charge in [0.25, 0.3) is 5.92 Å². The van der Waals surface area contributed by atoms with E-state index in [1.165, 1.54) is 18.2 Å². The Morgan fingerprint density at radius 3 is 2.68 bits per heavy atom. The summed E-state index contributed by atoms with van der Waals surface area (Å²) in [5.74, 6) is -2.53. The summed E-state index contributed by atoms with van der Waals surface area (Å²) >= 11 is 0. The van der Waals surface area contributed by atoms with Crippen molar-refractivity contribution in [1.29, 1.82) is 0 Å². The van der Waals surface area contributed by atoms with Crippen LogP contribution in [0.5, 0.6) is 0 Å². The minimum atomic E-state index is -2.87. The Kier molecular flexibility index (Phi) is 4.92. The van der Waals surface area contributed by atoms with E-state index >= 15 is 0 Å². The maximum atomic E-state index is 14.0. The number of alkyl halides is 2. The Labute approximate surface area is 178 Å². The lowest BCUT2D eigenvalue weighted by molar-refractivity contribution is -0.000832. The van der Waals surface area contributed by atoms with Crippen LogP contribution >= 0.6 is 0 Å². The number of benzene rings is 1. The summed E-state index contributed by atoms with van der Waals surface area (Å²) < 4.78 is 29.8. The lowest BCUT2D eigenvalue weighted by atomic mass is 9.83. The van der Waals surface area contributed by atoms with Crippen LogP contribution in [0.2, 0.25) is 0 Å². The van der Waals surface area contributed by atoms with Crippen molar-refractivity contribution in [2.24, 2.45) is 0 Å². The van der Waals surface area contributed by atoms with E-state index in [4.69, 9.17) is 0 Å². The summed E-state index contributed by atoms with van der Waals surface area (Å²) in [6, 6.07) is 8.79. The molecule has 0 aliphatic heterocycles. The Hall–Kier alpha value is -3.29. The third-order valence-corrected chi connectivity index (χ3v) is 6.19. The van der Waals surface area contributed by atoms with Crippen molar-refractivity contribution in [2.45, 2.75) is 50.0 Å². The summed E-state index contributed by atoms with van der Waals surface area (Å²) in [7, 11) is 0. The molecule has 0 unspecified atom stereocenters. The first-order valence-electron chi connectivity index (χ1n) is 10.6. The van der Waals surface area contributed by atoms with Gasteiger partial charge in [-0.1, -0.05) is 23.4 Å². The SMILES string of the molecule is C=CCC(F)(F)c1ccc(NC2CCC(c3nnn4cnc5[nH]ccc5c34)CC2)cc1.